The van der Waals surface area contributed by atoms with Gasteiger partial charge >= 0.3 is 5.69 Å². The second kappa shape index (κ2) is 5.33. The summed E-state index contributed by atoms with van der Waals surface area (Å²) in [5.74, 6) is -0.284. The lowest BCUT2D eigenvalue weighted by Crippen LogP contribution is -2.05. The molecule has 0 atom stereocenters. The molecule has 18 heavy (non-hydrogen) atoms. The summed E-state index contributed by atoms with van der Waals surface area (Å²) in [6.45, 7) is 0. The molecule has 0 spiro atoms. The lowest BCUT2D eigenvalue weighted by atomic mass is 10.1. The minimum atomic E-state index is -0.990. The molecule has 1 rings (SSSR count). The van der Waals surface area contributed by atoms with Crippen LogP contribution in [0.3, 0.4) is 0 Å². The van der Waals surface area contributed by atoms with E-state index < -0.39 is 21.4 Å². The minimum absolute atomic E-state index is 0.0489. The Morgan fingerprint density at radius 1 is 1.50 bits per heavy atom. The highest BCUT2D eigenvalue weighted by atomic mass is 35.5. The molecule has 1 aromatic carbocycles. The van der Waals surface area contributed by atoms with Crippen molar-refractivity contribution in [3.05, 3.63) is 27.3 Å². The van der Waals surface area contributed by atoms with Crippen LogP contribution in [0.25, 0.3) is 0 Å². The number of hydrogen-bond acceptors (Lipinski definition) is 6. The van der Waals surface area contributed by atoms with Crippen LogP contribution in [0.2, 0.25) is 0 Å². The zero-order valence-corrected chi connectivity index (χ0v) is 10.1. The van der Waals surface area contributed by atoms with E-state index in [1.54, 1.807) is 6.07 Å². The number of nitrogens with zero attached hydrogens (tertiary/aromatic N) is 2. The topological polar surface area (TPSA) is 102 Å². The van der Waals surface area contributed by atoms with Gasteiger partial charge in [0.05, 0.1) is 24.7 Å². The molecular formula is C10H7ClN2O5. The average Bonchev–Trinajstić information content (AvgIpc) is 2.35. The molecule has 1 aromatic rings. The third-order valence-corrected chi connectivity index (χ3v) is 2.35. The summed E-state index contributed by atoms with van der Waals surface area (Å²) in [5.41, 5.74) is -1.41. The summed E-state index contributed by atoms with van der Waals surface area (Å²) in [4.78, 5) is 21.3. The van der Waals surface area contributed by atoms with E-state index in [1.165, 1.54) is 14.2 Å². The third kappa shape index (κ3) is 2.19. The standard InChI is InChI=1S/C10H7ClN2O5/c1-17-7-3-5(10(11)14)6(4-12)8(13(15)16)9(7)18-2/h3H,1-2H3. The fraction of sp³-hybridized carbons (Fsp3) is 0.200. The van der Waals surface area contributed by atoms with Crippen molar-refractivity contribution in [2.45, 2.75) is 0 Å². The first-order valence-corrected chi connectivity index (χ1v) is 4.89. The summed E-state index contributed by atoms with van der Waals surface area (Å²) in [6, 6.07) is 2.70. The number of carbonyl (C=O) groups is 1. The number of benzene rings is 1. The van der Waals surface area contributed by atoms with Crippen molar-refractivity contribution in [3.8, 4) is 17.6 Å². The molecule has 0 saturated heterocycles. The van der Waals surface area contributed by atoms with Gasteiger partial charge < -0.3 is 9.47 Å². The predicted molar refractivity (Wildman–Crippen MR) is 61.1 cm³/mol. The van der Waals surface area contributed by atoms with Crippen molar-refractivity contribution in [2.75, 3.05) is 14.2 Å². The highest BCUT2D eigenvalue weighted by molar-refractivity contribution is 6.68. The van der Waals surface area contributed by atoms with E-state index >= 15 is 0 Å². The Morgan fingerprint density at radius 3 is 2.44 bits per heavy atom. The highest BCUT2D eigenvalue weighted by Crippen LogP contribution is 2.41. The average molecular weight is 271 g/mol. The summed E-state index contributed by atoms with van der Waals surface area (Å²) in [6.07, 6.45) is 0. The SMILES string of the molecule is COc1cc(C(=O)Cl)c(C#N)c([N+](=O)[O-])c1OC. The van der Waals surface area contributed by atoms with Gasteiger partial charge in [-0.1, -0.05) is 0 Å². The van der Waals surface area contributed by atoms with Crippen molar-refractivity contribution < 1.29 is 19.2 Å². The van der Waals surface area contributed by atoms with Gasteiger partial charge in [0.1, 0.15) is 11.6 Å². The maximum absolute atomic E-state index is 11.2. The van der Waals surface area contributed by atoms with Crippen LogP contribution in [0.1, 0.15) is 15.9 Å². The smallest absolute Gasteiger partial charge is 0.333 e. The second-order valence-electron chi connectivity index (χ2n) is 3.03. The Kier molecular flexibility index (Phi) is 4.07. The Labute approximate surface area is 107 Å². The lowest BCUT2D eigenvalue weighted by molar-refractivity contribution is -0.386. The quantitative estimate of drug-likeness (QED) is 0.470. The number of nitriles is 1. The van der Waals surface area contributed by atoms with E-state index in [9.17, 15) is 14.9 Å². The van der Waals surface area contributed by atoms with Gasteiger partial charge in [-0.05, 0) is 17.7 Å². The molecule has 0 unspecified atom stereocenters. The van der Waals surface area contributed by atoms with Crippen molar-refractivity contribution in [1.82, 2.24) is 0 Å². The Balaban J connectivity index is 3.82. The van der Waals surface area contributed by atoms with Gasteiger partial charge in [0.2, 0.25) is 5.75 Å². The molecule has 8 heteroatoms. The van der Waals surface area contributed by atoms with Crippen LogP contribution in [0.5, 0.6) is 11.5 Å². The van der Waals surface area contributed by atoms with Crippen LogP contribution in [0.15, 0.2) is 6.07 Å². The van der Waals surface area contributed by atoms with E-state index in [2.05, 4.69) is 0 Å². The molecule has 0 saturated carbocycles. The molecule has 7 nitrogen and oxygen atoms in total. The van der Waals surface area contributed by atoms with Gasteiger partial charge in [-0.25, -0.2) is 0 Å². The Morgan fingerprint density at radius 2 is 2.11 bits per heavy atom. The fourth-order valence-corrected chi connectivity index (χ4v) is 1.57. The lowest BCUT2D eigenvalue weighted by Gasteiger charge is -2.10. The molecule has 94 valence electrons. The molecule has 0 aliphatic heterocycles. The first kappa shape index (κ1) is 13.7. The molecule has 0 amide bonds. The van der Waals surface area contributed by atoms with Crippen LogP contribution in [0, 0.1) is 21.4 Å². The molecule has 0 aromatic heterocycles. The number of hydrogen-bond donors (Lipinski definition) is 0. The van der Waals surface area contributed by atoms with Gasteiger partial charge in [-0.2, -0.15) is 5.26 Å². The number of rotatable bonds is 4. The molecule has 0 N–H and O–H groups in total. The number of ether oxygens (including phenoxy) is 2. The minimum Gasteiger partial charge on any atom is -0.493 e. The van der Waals surface area contributed by atoms with Gasteiger partial charge in [0.15, 0.2) is 5.75 Å². The van der Waals surface area contributed by atoms with Crippen molar-refractivity contribution in [2.24, 2.45) is 0 Å². The molecule has 0 bridgehead atoms. The predicted octanol–water partition coefficient (Wildman–Crippen LogP) is 1.86. The summed E-state index contributed by atoms with van der Waals surface area (Å²) in [5, 5.41) is 18.9. The maximum Gasteiger partial charge on any atom is 0.333 e. The van der Waals surface area contributed by atoms with Crippen LogP contribution in [-0.4, -0.2) is 24.4 Å². The largest absolute Gasteiger partial charge is 0.493 e. The Bertz CT molecular complexity index is 564. The van der Waals surface area contributed by atoms with Crippen molar-refractivity contribution in [3.63, 3.8) is 0 Å². The van der Waals surface area contributed by atoms with E-state index in [-0.39, 0.29) is 17.1 Å². The van der Waals surface area contributed by atoms with E-state index in [0.717, 1.165) is 6.07 Å². The first-order chi connectivity index (χ1) is 8.47. The van der Waals surface area contributed by atoms with Crippen molar-refractivity contribution in [1.29, 1.82) is 5.26 Å². The number of nitro groups is 1. The summed E-state index contributed by atoms with van der Waals surface area (Å²) < 4.78 is 9.70. The third-order valence-electron chi connectivity index (χ3n) is 2.15. The molecule has 0 aliphatic carbocycles. The van der Waals surface area contributed by atoms with Crippen LogP contribution in [-0.2, 0) is 0 Å². The highest BCUT2D eigenvalue weighted by Gasteiger charge is 2.30. The second-order valence-corrected chi connectivity index (χ2v) is 3.37. The number of nitro benzene ring substituents is 1. The Hall–Kier alpha value is -2.33. The van der Waals surface area contributed by atoms with E-state index in [0.29, 0.717) is 0 Å². The van der Waals surface area contributed by atoms with Gasteiger partial charge in [0.25, 0.3) is 5.24 Å². The van der Waals surface area contributed by atoms with Gasteiger partial charge in [-0.3, -0.25) is 14.9 Å². The fourth-order valence-electron chi connectivity index (χ4n) is 1.42. The van der Waals surface area contributed by atoms with Crippen LogP contribution in [0.4, 0.5) is 5.69 Å². The first-order valence-electron chi connectivity index (χ1n) is 4.51. The number of halogens is 1. The van der Waals surface area contributed by atoms with Crippen LogP contribution >= 0.6 is 11.6 Å². The molecule has 0 aliphatic rings. The maximum atomic E-state index is 11.2. The van der Waals surface area contributed by atoms with Crippen molar-refractivity contribution >= 4 is 22.5 Å². The van der Waals surface area contributed by atoms with Crippen LogP contribution < -0.4 is 9.47 Å². The zero-order chi connectivity index (χ0) is 13.9. The van der Waals surface area contributed by atoms with Gasteiger partial charge in [0, 0.05) is 0 Å². The van der Waals surface area contributed by atoms with Gasteiger partial charge in [-0.15, -0.1) is 0 Å². The van der Waals surface area contributed by atoms with E-state index in [4.69, 9.17) is 26.3 Å². The van der Waals surface area contributed by atoms with E-state index in [1.807, 2.05) is 0 Å². The molecule has 0 heterocycles. The summed E-state index contributed by atoms with van der Waals surface area (Å²) in [7, 11) is 2.43. The number of carbonyl (C=O) groups excluding carboxylic acids is 1. The molecular weight excluding hydrogens is 264 g/mol. The zero-order valence-electron chi connectivity index (χ0n) is 9.39. The normalized spacial score (nSPS) is 9.44. The number of methoxy groups -OCH3 is 2. The monoisotopic (exact) mass is 270 g/mol. The molecule has 0 radical (unpaired) electrons. The molecule has 0 fully saturated rings. The summed E-state index contributed by atoms with van der Waals surface area (Å²) >= 11 is 5.28.